The topological polar surface area (TPSA) is 102 Å². The monoisotopic (exact) mass is 275 g/mol. The number of benzene rings is 1. The number of aromatic carboxylic acids is 1. The Balaban J connectivity index is 3.21. The molecule has 0 saturated carbocycles. The first-order valence-electron chi connectivity index (χ1n) is 4.97. The van der Waals surface area contributed by atoms with Gasteiger partial charge in [0.1, 0.15) is 10.6 Å². The molecule has 18 heavy (non-hydrogen) atoms. The van der Waals surface area contributed by atoms with Gasteiger partial charge >= 0.3 is 5.97 Å². The molecule has 0 aliphatic rings. The summed E-state index contributed by atoms with van der Waals surface area (Å²) in [7, 11) is -2.65. The van der Waals surface area contributed by atoms with Crippen molar-refractivity contribution in [2.75, 3.05) is 13.7 Å². The maximum absolute atomic E-state index is 11.8. The van der Waals surface area contributed by atoms with E-state index in [4.69, 9.17) is 9.84 Å². The Morgan fingerprint density at radius 3 is 2.61 bits per heavy atom. The van der Waals surface area contributed by atoms with Gasteiger partial charge in [-0.3, -0.25) is 4.84 Å². The maximum Gasteiger partial charge on any atom is 0.335 e. The fourth-order valence-corrected chi connectivity index (χ4v) is 2.22. The molecular formula is C10H13NO6S. The van der Waals surface area contributed by atoms with Gasteiger partial charge in [0, 0.05) is 0 Å². The van der Waals surface area contributed by atoms with Crippen molar-refractivity contribution in [3.8, 4) is 5.75 Å². The second kappa shape index (κ2) is 5.80. The summed E-state index contributed by atoms with van der Waals surface area (Å²) in [4.78, 5) is 17.1. The van der Waals surface area contributed by atoms with Crippen LogP contribution in [0.5, 0.6) is 5.75 Å². The summed E-state index contributed by atoms with van der Waals surface area (Å²) in [5, 5.41) is 8.79. The highest BCUT2D eigenvalue weighted by molar-refractivity contribution is 7.89. The zero-order chi connectivity index (χ0) is 13.8. The van der Waals surface area contributed by atoms with Crippen molar-refractivity contribution in [1.29, 1.82) is 0 Å². The van der Waals surface area contributed by atoms with Gasteiger partial charge in [-0.25, -0.2) is 13.2 Å². The fourth-order valence-electron chi connectivity index (χ4n) is 1.20. The molecule has 0 heterocycles. The van der Waals surface area contributed by atoms with Gasteiger partial charge in [-0.15, -0.1) is 0 Å². The molecular weight excluding hydrogens is 262 g/mol. The van der Waals surface area contributed by atoms with Gasteiger partial charge in [-0.05, 0) is 25.1 Å². The predicted molar refractivity (Wildman–Crippen MR) is 61.9 cm³/mol. The molecule has 0 unspecified atom stereocenters. The number of carbonyl (C=O) groups is 1. The largest absolute Gasteiger partial charge is 0.495 e. The molecule has 0 atom stereocenters. The van der Waals surface area contributed by atoms with Crippen molar-refractivity contribution in [2.24, 2.45) is 0 Å². The van der Waals surface area contributed by atoms with Gasteiger partial charge in [-0.1, -0.05) is 4.89 Å². The number of nitrogens with one attached hydrogen (secondary N) is 1. The van der Waals surface area contributed by atoms with E-state index < -0.39 is 16.0 Å². The summed E-state index contributed by atoms with van der Waals surface area (Å²) in [5.74, 6) is -1.24. The van der Waals surface area contributed by atoms with Crippen molar-refractivity contribution in [3.05, 3.63) is 23.8 Å². The summed E-state index contributed by atoms with van der Waals surface area (Å²) in [5.41, 5.74) is -0.0674. The second-order valence-electron chi connectivity index (χ2n) is 3.19. The Morgan fingerprint density at radius 2 is 2.11 bits per heavy atom. The predicted octanol–water partition coefficient (Wildman–Crippen LogP) is 0.623. The smallest absolute Gasteiger partial charge is 0.335 e. The van der Waals surface area contributed by atoms with Crippen LogP contribution in [0, 0.1) is 0 Å². The molecule has 0 spiro atoms. The van der Waals surface area contributed by atoms with E-state index in [9.17, 15) is 13.2 Å². The zero-order valence-corrected chi connectivity index (χ0v) is 10.7. The highest BCUT2D eigenvalue weighted by Gasteiger charge is 2.21. The van der Waals surface area contributed by atoms with Gasteiger partial charge < -0.3 is 9.84 Å². The average molecular weight is 275 g/mol. The third-order valence-electron chi connectivity index (χ3n) is 2.01. The van der Waals surface area contributed by atoms with E-state index in [2.05, 4.69) is 4.84 Å². The van der Waals surface area contributed by atoms with Crippen LogP contribution in [0.15, 0.2) is 23.1 Å². The highest BCUT2D eigenvalue weighted by Crippen LogP contribution is 2.24. The Kier molecular flexibility index (Phi) is 4.65. The number of hydrogen-bond donors (Lipinski definition) is 2. The van der Waals surface area contributed by atoms with Crippen LogP contribution in [0.4, 0.5) is 0 Å². The third-order valence-corrected chi connectivity index (χ3v) is 3.27. The fraction of sp³-hybridized carbons (Fsp3) is 0.300. The van der Waals surface area contributed by atoms with Crippen molar-refractivity contribution >= 4 is 16.0 Å². The van der Waals surface area contributed by atoms with E-state index in [1.54, 1.807) is 6.92 Å². The van der Waals surface area contributed by atoms with Crippen molar-refractivity contribution < 1.29 is 27.9 Å². The summed E-state index contributed by atoms with van der Waals surface area (Å²) >= 11 is 0. The quantitative estimate of drug-likeness (QED) is 0.738. The van der Waals surface area contributed by atoms with E-state index in [1.165, 1.54) is 13.2 Å². The number of ether oxygens (including phenoxy) is 1. The SMILES string of the molecule is CCONS(=O)(=O)c1ccc(C(=O)O)cc1OC. The number of hydrogen-bond acceptors (Lipinski definition) is 5. The molecule has 0 aliphatic heterocycles. The van der Waals surface area contributed by atoms with Crippen LogP contribution < -0.4 is 9.62 Å². The molecule has 8 heteroatoms. The highest BCUT2D eigenvalue weighted by atomic mass is 32.2. The molecule has 2 N–H and O–H groups in total. The van der Waals surface area contributed by atoms with E-state index >= 15 is 0 Å². The van der Waals surface area contributed by atoms with Gasteiger partial charge in [0.05, 0.1) is 19.3 Å². The lowest BCUT2D eigenvalue weighted by atomic mass is 10.2. The molecule has 0 radical (unpaired) electrons. The molecule has 7 nitrogen and oxygen atoms in total. The Hall–Kier alpha value is -1.64. The van der Waals surface area contributed by atoms with Crippen LogP contribution >= 0.6 is 0 Å². The first-order valence-corrected chi connectivity index (χ1v) is 6.45. The van der Waals surface area contributed by atoms with Crippen LogP contribution in [0.2, 0.25) is 0 Å². The van der Waals surface area contributed by atoms with Crippen LogP contribution in [0.3, 0.4) is 0 Å². The summed E-state index contributed by atoms with van der Waals surface area (Å²) in [6.45, 7) is 1.78. The number of sulfonamides is 1. The lowest BCUT2D eigenvalue weighted by molar-refractivity contribution is 0.0696. The van der Waals surface area contributed by atoms with Crippen molar-refractivity contribution in [3.63, 3.8) is 0 Å². The minimum absolute atomic E-state index is 0.0674. The standard InChI is InChI=1S/C10H13NO6S/c1-3-17-11-18(14,15)9-5-4-7(10(12)13)6-8(9)16-2/h4-6,11H,3H2,1-2H3,(H,12,13). The van der Waals surface area contributed by atoms with Gasteiger partial charge in [0.25, 0.3) is 10.0 Å². The number of carboxylic acids is 1. The lowest BCUT2D eigenvalue weighted by Crippen LogP contribution is -2.24. The van der Waals surface area contributed by atoms with Crippen LogP contribution in [-0.2, 0) is 14.9 Å². The molecule has 1 aromatic carbocycles. The van der Waals surface area contributed by atoms with Gasteiger partial charge in [0.2, 0.25) is 0 Å². The molecule has 0 fully saturated rings. The molecule has 100 valence electrons. The van der Waals surface area contributed by atoms with E-state index in [0.29, 0.717) is 0 Å². The van der Waals surface area contributed by atoms with E-state index in [1.807, 2.05) is 4.89 Å². The normalized spacial score (nSPS) is 11.2. The Labute approximate surface area is 104 Å². The number of methoxy groups -OCH3 is 1. The zero-order valence-electron chi connectivity index (χ0n) is 9.84. The first-order chi connectivity index (χ1) is 8.42. The lowest BCUT2D eigenvalue weighted by Gasteiger charge is -2.10. The molecule has 0 aliphatic carbocycles. The van der Waals surface area contributed by atoms with Crippen molar-refractivity contribution in [2.45, 2.75) is 11.8 Å². The molecule has 0 aromatic heterocycles. The Morgan fingerprint density at radius 1 is 1.44 bits per heavy atom. The Bertz CT molecular complexity index is 539. The second-order valence-corrected chi connectivity index (χ2v) is 4.80. The molecule has 1 rings (SSSR count). The summed E-state index contributed by atoms with van der Waals surface area (Å²) in [6, 6.07) is 3.44. The van der Waals surface area contributed by atoms with Crippen LogP contribution in [0.25, 0.3) is 0 Å². The van der Waals surface area contributed by atoms with Crippen molar-refractivity contribution in [1.82, 2.24) is 4.89 Å². The molecule has 0 bridgehead atoms. The summed E-state index contributed by atoms with van der Waals surface area (Å²) in [6.07, 6.45) is 0. The van der Waals surface area contributed by atoms with Gasteiger partial charge in [-0.2, -0.15) is 0 Å². The van der Waals surface area contributed by atoms with Crippen LogP contribution in [-0.4, -0.2) is 33.2 Å². The molecule has 0 saturated heterocycles. The number of rotatable bonds is 6. The summed E-state index contributed by atoms with van der Waals surface area (Å²) < 4.78 is 28.4. The molecule has 1 aromatic rings. The first kappa shape index (κ1) is 14.4. The van der Waals surface area contributed by atoms with Gasteiger partial charge in [0.15, 0.2) is 0 Å². The van der Waals surface area contributed by atoms with Crippen LogP contribution in [0.1, 0.15) is 17.3 Å². The van der Waals surface area contributed by atoms with E-state index in [0.717, 1.165) is 12.1 Å². The molecule has 0 amide bonds. The third kappa shape index (κ3) is 3.19. The minimum atomic E-state index is -3.90. The maximum atomic E-state index is 11.8. The van der Waals surface area contributed by atoms with E-state index in [-0.39, 0.29) is 22.8 Å². The minimum Gasteiger partial charge on any atom is -0.495 e. The average Bonchev–Trinajstić information content (AvgIpc) is 2.35. The number of carboxylic acid groups (broad SMARTS) is 1.